The maximum Gasteiger partial charge on any atom is 0.150 e. The zero-order valence-corrected chi connectivity index (χ0v) is 24.5. The van der Waals surface area contributed by atoms with Gasteiger partial charge in [0.05, 0.1) is 29.5 Å². The Morgan fingerprint density at radius 2 is 1.23 bits per heavy atom. The largest absolute Gasteiger partial charge is 0.363 e. The Morgan fingerprint density at radius 1 is 0.568 bits per heavy atom. The van der Waals surface area contributed by atoms with Crippen LogP contribution in [-0.4, -0.2) is 19.1 Å². The smallest absolute Gasteiger partial charge is 0.150 e. The maximum absolute atomic E-state index is 4.93. The van der Waals surface area contributed by atoms with Gasteiger partial charge in [-0.25, -0.2) is 4.98 Å². The quantitative estimate of drug-likeness (QED) is 0.188. The molecule has 0 aliphatic carbocycles. The second-order valence-corrected chi connectivity index (χ2v) is 11.4. The van der Waals surface area contributed by atoms with Crippen molar-refractivity contribution in [3.8, 4) is 0 Å². The van der Waals surface area contributed by atoms with Crippen LogP contribution in [0.4, 0.5) is 5.82 Å². The van der Waals surface area contributed by atoms with Crippen LogP contribution in [-0.2, 0) is 26.1 Å². The minimum Gasteiger partial charge on any atom is -0.363 e. The molecule has 5 nitrogen and oxygen atoms in total. The number of nitrogens with zero attached hydrogens (tertiary/aromatic N) is 4. The number of aryl methyl sites for hydroxylation is 2. The van der Waals surface area contributed by atoms with Crippen LogP contribution < -0.4 is 5.32 Å². The summed E-state index contributed by atoms with van der Waals surface area (Å²) in [5.74, 6) is 0.895. The molecule has 44 heavy (non-hydrogen) atoms. The van der Waals surface area contributed by atoms with Crippen LogP contribution in [0.5, 0.6) is 0 Å². The molecule has 0 bridgehead atoms. The molecule has 5 heteroatoms. The molecule has 0 atom stereocenters. The lowest BCUT2D eigenvalue weighted by Gasteiger charge is -2.12. The molecule has 4 heterocycles. The number of aromatic nitrogens is 4. The van der Waals surface area contributed by atoms with Gasteiger partial charge in [0.1, 0.15) is 0 Å². The Labute approximate surface area is 256 Å². The van der Waals surface area contributed by atoms with Crippen LogP contribution in [0, 0.1) is 0 Å². The average molecular weight is 572 g/mol. The van der Waals surface area contributed by atoms with Crippen LogP contribution in [0.3, 0.4) is 0 Å². The van der Waals surface area contributed by atoms with Gasteiger partial charge in [-0.3, -0.25) is 4.98 Å². The van der Waals surface area contributed by atoms with Crippen molar-refractivity contribution in [2.75, 3.05) is 5.32 Å². The monoisotopic (exact) mass is 571 g/mol. The van der Waals surface area contributed by atoms with Gasteiger partial charge < -0.3 is 14.5 Å². The molecule has 0 amide bonds. The van der Waals surface area contributed by atoms with Crippen molar-refractivity contribution in [1.29, 1.82) is 0 Å². The van der Waals surface area contributed by atoms with E-state index in [1.165, 1.54) is 43.7 Å². The summed E-state index contributed by atoms with van der Waals surface area (Å²) < 4.78 is 4.82. The number of rotatable bonds is 9. The van der Waals surface area contributed by atoms with Crippen molar-refractivity contribution >= 4 is 49.4 Å². The Kier molecular flexibility index (Phi) is 6.76. The molecule has 0 saturated carbocycles. The predicted molar refractivity (Wildman–Crippen MR) is 182 cm³/mol. The van der Waals surface area contributed by atoms with Crippen LogP contribution in [0.25, 0.3) is 43.6 Å². The van der Waals surface area contributed by atoms with Crippen LogP contribution in [0.15, 0.2) is 134 Å². The van der Waals surface area contributed by atoms with Gasteiger partial charge in [0, 0.05) is 51.9 Å². The minimum absolute atomic E-state index is 0.589. The van der Waals surface area contributed by atoms with Crippen LogP contribution in [0.2, 0.25) is 0 Å². The van der Waals surface area contributed by atoms with E-state index in [9.17, 15) is 0 Å². The molecule has 0 aliphatic rings. The second-order valence-electron chi connectivity index (χ2n) is 11.4. The number of nitrogens with one attached hydrogen (secondary N) is 1. The summed E-state index contributed by atoms with van der Waals surface area (Å²) in [6.07, 6.45) is 6.04. The molecule has 8 rings (SSSR count). The van der Waals surface area contributed by atoms with Gasteiger partial charge in [-0.15, -0.1) is 0 Å². The first-order valence-corrected chi connectivity index (χ1v) is 15.4. The number of hydrogen-bond acceptors (Lipinski definition) is 3. The second kappa shape index (κ2) is 11.3. The number of para-hydroxylation sites is 2. The van der Waals surface area contributed by atoms with E-state index in [1.807, 2.05) is 12.4 Å². The molecule has 0 radical (unpaired) electrons. The molecule has 0 aliphatic heterocycles. The van der Waals surface area contributed by atoms with Crippen molar-refractivity contribution in [1.82, 2.24) is 19.1 Å². The highest BCUT2D eigenvalue weighted by atomic mass is 15.1. The van der Waals surface area contributed by atoms with E-state index in [4.69, 9.17) is 9.97 Å². The third-order valence-electron chi connectivity index (χ3n) is 8.71. The lowest BCUT2D eigenvalue weighted by molar-refractivity contribution is 0.677. The SMILES string of the molecule is c1ccc(CCCn2c3ccccc3c3ccnc(NCc4cc5c6ccccc6n(Cc6ccccc6)c5cn4)c32)cc1. The summed E-state index contributed by atoms with van der Waals surface area (Å²) in [6.45, 7) is 2.32. The maximum atomic E-state index is 4.93. The van der Waals surface area contributed by atoms with E-state index < -0.39 is 0 Å². The summed E-state index contributed by atoms with van der Waals surface area (Å²) in [6, 6.07) is 43.1. The normalized spacial score (nSPS) is 11.6. The Bertz CT molecular complexity index is 2230. The molecular formula is C39H33N5. The van der Waals surface area contributed by atoms with Gasteiger partial charge in [0.25, 0.3) is 0 Å². The molecule has 0 spiro atoms. The predicted octanol–water partition coefficient (Wildman–Crippen LogP) is 8.99. The highest BCUT2D eigenvalue weighted by molar-refractivity contribution is 6.11. The summed E-state index contributed by atoms with van der Waals surface area (Å²) in [7, 11) is 0. The fourth-order valence-corrected chi connectivity index (χ4v) is 6.65. The first-order valence-electron chi connectivity index (χ1n) is 15.4. The third-order valence-corrected chi connectivity index (χ3v) is 8.71. The Balaban J connectivity index is 1.12. The zero-order chi connectivity index (χ0) is 29.3. The topological polar surface area (TPSA) is 47.7 Å². The van der Waals surface area contributed by atoms with Crippen molar-refractivity contribution in [2.24, 2.45) is 0 Å². The van der Waals surface area contributed by atoms with E-state index in [2.05, 4.69) is 136 Å². The van der Waals surface area contributed by atoms with Crippen molar-refractivity contribution in [3.05, 3.63) is 151 Å². The number of benzene rings is 4. The van der Waals surface area contributed by atoms with Crippen molar-refractivity contribution in [3.63, 3.8) is 0 Å². The number of anilines is 1. The van der Waals surface area contributed by atoms with Gasteiger partial charge >= 0.3 is 0 Å². The zero-order valence-electron chi connectivity index (χ0n) is 24.5. The van der Waals surface area contributed by atoms with E-state index >= 15 is 0 Å². The average Bonchev–Trinajstić information content (AvgIpc) is 3.57. The Morgan fingerprint density at radius 3 is 2.00 bits per heavy atom. The molecule has 0 unspecified atom stereocenters. The molecule has 4 aromatic carbocycles. The molecular weight excluding hydrogens is 538 g/mol. The number of hydrogen-bond donors (Lipinski definition) is 1. The van der Waals surface area contributed by atoms with Crippen LogP contribution >= 0.6 is 0 Å². The van der Waals surface area contributed by atoms with E-state index in [0.29, 0.717) is 6.54 Å². The number of pyridine rings is 2. The summed E-state index contributed by atoms with van der Waals surface area (Å²) >= 11 is 0. The van der Waals surface area contributed by atoms with Crippen LogP contribution in [0.1, 0.15) is 23.2 Å². The third kappa shape index (κ3) is 4.77. The first-order chi connectivity index (χ1) is 21.8. The molecule has 4 aromatic heterocycles. The fraction of sp³-hybridized carbons (Fsp3) is 0.128. The summed E-state index contributed by atoms with van der Waals surface area (Å²) in [5, 5.41) is 8.64. The summed E-state index contributed by atoms with van der Waals surface area (Å²) in [5.41, 5.74) is 8.42. The van der Waals surface area contributed by atoms with E-state index in [0.717, 1.165) is 48.5 Å². The lowest BCUT2D eigenvalue weighted by Crippen LogP contribution is -2.07. The van der Waals surface area contributed by atoms with E-state index in [-0.39, 0.29) is 0 Å². The minimum atomic E-state index is 0.589. The van der Waals surface area contributed by atoms with Crippen molar-refractivity contribution in [2.45, 2.75) is 32.5 Å². The molecule has 1 N–H and O–H groups in total. The van der Waals surface area contributed by atoms with Gasteiger partial charge in [0.2, 0.25) is 0 Å². The van der Waals surface area contributed by atoms with Gasteiger partial charge in [-0.05, 0) is 48.2 Å². The highest BCUT2D eigenvalue weighted by Crippen LogP contribution is 2.34. The molecule has 8 aromatic rings. The van der Waals surface area contributed by atoms with Gasteiger partial charge in [-0.2, -0.15) is 0 Å². The molecule has 0 fully saturated rings. The Hall–Kier alpha value is -5.42. The summed E-state index contributed by atoms with van der Waals surface area (Å²) in [4.78, 5) is 9.77. The van der Waals surface area contributed by atoms with E-state index in [1.54, 1.807) is 0 Å². The lowest BCUT2D eigenvalue weighted by atomic mass is 10.1. The first kappa shape index (κ1) is 26.2. The van der Waals surface area contributed by atoms with Crippen molar-refractivity contribution < 1.29 is 0 Å². The fourth-order valence-electron chi connectivity index (χ4n) is 6.65. The number of fused-ring (bicyclic) bond motifs is 6. The molecule has 0 saturated heterocycles. The standard InChI is InChI=1S/C39H33N5/c1-3-12-28(13-4-1)16-11-23-43-35-19-9-7-17-31(35)33-21-22-40-39(38(33)43)42-25-30-24-34-32-18-8-10-20-36(32)44(37(34)26-41-30)27-29-14-5-2-6-15-29/h1-10,12-15,17-22,24,26H,11,16,23,25,27H2,(H,40,42). The molecule has 214 valence electrons. The van der Waals surface area contributed by atoms with Gasteiger partial charge in [0.15, 0.2) is 5.82 Å². The highest BCUT2D eigenvalue weighted by Gasteiger charge is 2.16. The van der Waals surface area contributed by atoms with Gasteiger partial charge in [-0.1, -0.05) is 97.1 Å².